The summed E-state index contributed by atoms with van der Waals surface area (Å²) in [5, 5.41) is 0. The first kappa shape index (κ1) is 22.3. The average molecular weight is 380 g/mol. The highest BCUT2D eigenvalue weighted by molar-refractivity contribution is 7.80. The van der Waals surface area contributed by atoms with Crippen molar-refractivity contribution in [3.8, 4) is 0 Å². The minimum atomic E-state index is -3.65. The van der Waals surface area contributed by atoms with E-state index < -0.39 is 10.3 Å². The van der Waals surface area contributed by atoms with Gasteiger partial charge in [0.25, 0.3) is 0 Å². The van der Waals surface area contributed by atoms with Crippen molar-refractivity contribution < 1.29 is 16.6 Å². The van der Waals surface area contributed by atoms with Gasteiger partial charge in [-0.05, 0) is 18.6 Å². The van der Waals surface area contributed by atoms with Crippen molar-refractivity contribution in [3.63, 3.8) is 0 Å². The zero-order valence-corrected chi connectivity index (χ0v) is 16.5. The summed E-state index contributed by atoms with van der Waals surface area (Å²) in [6.45, 7) is 2.47. The molecule has 0 radical (unpaired) electrons. The third-order valence-electron chi connectivity index (χ3n) is 3.74. The summed E-state index contributed by atoms with van der Waals surface area (Å²) in [5.74, 6) is 0. The molecule has 0 aliphatic carbocycles. The third kappa shape index (κ3) is 10.9. The maximum absolute atomic E-state index is 11.8. The maximum atomic E-state index is 11.8. The zero-order chi connectivity index (χ0) is 18.9. The van der Waals surface area contributed by atoms with E-state index in [0.29, 0.717) is 0 Å². The molecule has 2 aromatic heterocycles. The van der Waals surface area contributed by atoms with E-state index in [9.17, 15) is 8.42 Å². The molecule has 144 valence electrons. The van der Waals surface area contributed by atoms with Crippen LogP contribution in [0.3, 0.4) is 0 Å². The van der Waals surface area contributed by atoms with Crippen LogP contribution in [0, 0.1) is 0 Å². The molecule has 0 bridgehead atoms. The SMILES string of the molecule is CCCCCCCCCCOS(=O)(=O)[n+]1ccccc1.c1ccncc1. The summed E-state index contributed by atoms with van der Waals surface area (Å²) >= 11 is 0. The fraction of sp³-hybridized carbons (Fsp3) is 0.500. The van der Waals surface area contributed by atoms with Crippen LogP contribution in [-0.2, 0) is 14.5 Å². The van der Waals surface area contributed by atoms with E-state index in [1.165, 1.54) is 44.5 Å². The van der Waals surface area contributed by atoms with Crippen molar-refractivity contribution in [2.75, 3.05) is 6.61 Å². The van der Waals surface area contributed by atoms with Gasteiger partial charge in [-0.15, -0.1) is 8.42 Å². The van der Waals surface area contributed by atoms with Crippen LogP contribution >= 0.6 is 0 Å². The average Bonchev–Trinajstić information content (AvgIpc) is 2.69. The van der Waals surface area contributed by atoms with Crippen LogP contribution < -0.4 is 3.97 Å². The molecular weight excluding hydrogens is 348 g/mol. The van der Waals surface area contributed by atoms with Gasteiger partial charge in [0.15, 0.2) is 12.4 Å². The van der Waals surface area contributed by atoms with Crippen LogP contribution in [0.25, 0.3) is 0 Å². The highest BCUT2D eigenvalue weighted by atomic mass is 32.2. The number of unbranched alkanes of at least 4 members (excludes halogenated alkanes) is 7. The lowest BCUT2D eigenvalue weighted by Crippen LogP contribution is -2.43. The van der Waals surface area contributed by atoms with Gasteiger partial charge in [0, 0.05) is 24.5 Å². The molecule has 0 aromatic carbocycles. The summed E-state index contributed by atoms with van der Waals surface area (Å²) in [6, 6.07) is 10.8. The van der Waals surface area contributed by atoms with E-state index in [-0.39, 0.29) is 6.61 Å². The second-order valence-corrected chi connectivity index (χ2v) is 7.50. The Labute approximate surface area is 158 Å². The first-order valence-electron chi connectivity index (χ1n) is 9.38. The lowest BCUT2D eigenvalue weighted by molar-refractivity contribution is -0.520. The molecule has 0 aliphatic rings. The summed E-state index contributed by atoms with van der Waals surface area (Å²) in [5.41, 5.74) is 0. The minimum Gasteiger partial charge on any atom is -0.265 e. The first-order valence-corrected chi connectivity index (χ1v) is 10.7. The quantitative estimate of drug-likeness (QED) is 0.431. The van der Waals surface area contributed by atoms with Crippen molar-refractivity contribution in [2.45, 2.75) is 58.3 Å². The van der Waals surface area contributed by atoms with Gasteiger partial charge in [-0.2, -0.15) is 0 Å². The van der Waals surface area contributed by atoms with Crippen LogP contribution in [0.5, 0.6) is 0 Å². The van der Waals surface area contributed by atoms with E-state index in [0.717, 1.165) is 23.2 Å². The second kappa shape index (κ2) is 14.4. The number of nitrogens with zero attached hydrogens (tertiary/aromatic N) is 2. The molecule has 0 atom stereocenters. The van der Waals surface area contributed by atoms with Crippen LogP contribution in [0.1, 0.15) is 58.3 Å². The Morgan fingerprint density at radius 1 is 0.769 bits per heavy atom. The van der Waals surface area contributed by atoms with Gasteiger partial charge in [0.2, 0.25) is 0 Å². The molecule has 2 rings (SSSR count). The Balaban J connectivity index is 0.000000472. The molecule has 26 heavy (non-hydrogen) atoms. The van der Waals surface area contributed by atoms with E-state index >= 15 is 0 Å². The van der Waals surface area contributed by atoms with E-state index in [1.54, 1.807) is 30.6 Å². The Kier molecular flexibility index (Phi) is 12.3. The third-order valence-corrected chi connectivity index (χ3v) is 4.97. The zero-order valence-electron chi connectivity index (χ0n) is 15.7. The molecule has 0 fully saturated rings. The summed E-state index contributed by atoms with van der Waals surface area (Å²) in [6.07, 6.45) is 15.8. The molecule has 0 unspecified atom stereocenters. The molecule has 2 aromatic rings. The smallest absolute Gasteiger partial charge is 0.265 e. The molecule has 0 amide bonds. The monoisotopic (exact) mass is 379 g/mol. The maximum Gasteiger partial charge on any atom is 0.513 e. The topological polar surface area (TPSA) is 60.1 Å². The summed E-state index contributed by atoms with van der Waals surface area (Å²) < 4.78 is 29.7. The fourth-order valence-electron chi connectivity index (χ4n) is 2.31. The summed E-state index contributed by atoms with van der Waals surface area (Å²) in [4.78, 5) is 3.78. The van der Waals surface area contributed by atoms with Crippen LogP contribution in [0.15, 0.2) is 61.2 Å². The minimum absolute atomic E-state index is 0.263. The number of aromatic nitrogens is 2. The van der Waals surface area contributed by atoms with Gasteiger partial charge >= 0.3 is 10.3 Å². The summed E-state index contributed by atoms with van der Waals surface area (Å²) in [7, 11) is -3.65. The highest BCUT2D eigenvalue weighted by Gasteiger charge is 2.21. The van der Waals surface area contributed by atoms with E-state index in [2.05, 4.69) is 11.9 Å². The van der Waals surface area contributed by atoms with Gasteiger partial charge in [-0.3, -0.25) is 4.98 Å². The van der Waals surface area contributed by atoms with Gasteiger partial charge in [0.1, 0.15) is 0 Å². The van der Waals surface area contributed by atoms with Gasteiger partial charge in [0.05, 0.1) is 6.61 Å². The van der Waals surface area contributed by atoms with Gasteiger partial charge in [-0.1, -0.05) is 68.0 Å². The van der Waals surface area contributed by atoms with Crippen molar-refractivity contribution in [1.29, 1.82) is 0 Å². The van der Waals surface area contributed by atoms with Gasteiger partial charge < -0.3 is 0 Å². The number of hydrogen-bond donors (Lipinski definition) is 0. The molecule has 6 heteroatoms. The standard InChI is InChI=1S/C15H26NO3S.C5H5N/c1-2-3-4-5-6-7-8-12-15-19-20(17,18)16-13-10-9-11-14-16;1-2-4-6-5-3-1/h9-11,13-14H,2-8,12,15H2,1H3;1-5H/q+1;. The van der Waals surface area contributed by atoms with Crippen LogP contribution in [-0.4, -0.2) is 20.0 Å². The predicted molar refractivity (Wildman–Crippen MR) is 104 cm³/mol. The molecule has 0 saturated carbocycles. The Morgan fingerprint density at radius 3 is 1.81 bits per heavy atom. The van der Waals surface area contributed by atoms with Crippen molar-refractivity contribution in [2.24, 2.45) is 0 Å². The Morgan fingerprint density at radius 2 is 1.31 bits per heavy atom. The van der Waals surface area contributed by atoms with Gasteiger partial charge in [-0.25, -0.2) is 4.18 Å². The molecule has 0 spiro atoms. The van der Waals surface area contributed by atoms with Crippen molar-refractivity contribution >= 4 is 10.3 Å². The Bertz CT molecular complexity index is 623. The van der Waals surface area contributed by atoms with E-state index in [4.69, 9.17) is 4.18 Å². The number of hydrogen-bond acceptors (Lipinski definition) is 4. The highest BCUT2D eigenvalue weighted by Crippen LogP contribution is 2.08. The fourth-order valence-corrected chi connectivity index (χ4v) is 3.19. The molecule has 2 heterocycles. The van der Waals surface area contributed by atoms with Crippen molar-refractivity contribution in [1.82, 2.24) is 4.98 Å². The number of pyridine rings is 2. The van der Waals surface area contributed by atoms with Crippen LogP contribution in [0.4, 0.5) is 0 Å². The van der Waals surface area contributed by atoms with Crippen LogP contribution in [0.2, 0.25) is 0 Å². The molecule has 0 N–H and O–H groups in total. The first-order chi connectivity index (χ1) is 12.7. The lowest BCUT2D eigenvalue weighted by Gasteiger charge is -2.02. The lowest BCUT2D eigenvalue weighted by atomic mass is 10.1. The predicted octanol–water partition coefficient (Wildman–Crippen LogP) is 4.31. The second-order valence-electron chi connectivity index (χ2n) is 5.98. The van der Waals surface area contributed by atoms with Crippen molar-refractivity contribution in [3.05, 3.63) is 61.2 Å². The molecule has 5 nitrogen and oxygen atoms in total. The van der Waals surface area contributed by atoms with E-state index in [1.807, 2.05) is 18.2 Å². The normalized spacial score (nSPS) is 10.8. The number of rotatable bonds is 11. The molecule has 0 saturated heterocycles. The molecular formula is C20H31N2O3S+. The largest absolute Gasteiger partial charge is 0.513 e. The Hall–Kier alpha value is -1.79. The molecule has 0 aliphatic heterocycles.